The van der Waals surface area contributed by atoms with Crippen LogP contribution < -0.4 is 10.2 Å². The minimum atomic E-state index is -0.705. The van der Waals surface area contributed by atoms with Crippen molar-refractivity contribution in [3.05, 3.63) is 11.1 Å². The Bertz CT molecular complexity index is 650. The number of nitriles is 1. The van der Waals surface area contributed by atoms with Crippen molar-refractivity contribution in [2.45, 2.75) is 45.2 Å². The van der Waals surface area contributed by atoms with Gasteiger partial charge >= 0.3 is 0 Å². The normalized spacial score (nSPS) is 24.2. The summed E-state index contributed by atoms with van der Waals surface area (Å²) in [4.78, 5) is 21.4. The number of nitrogens with one attached hydrogen (secondary N) is 1. The second-order valence-corrected chi connectivity index (χ2v) is 8.02. The van der Waals surface area contributed by atoms with Gasteiger partial charge in [-0.15, -0.1) is 11.3 Å². The van der Waals surface area contributed by atoms with Gasteiger partial charge in [-0.25, -0.2) is 4.98 Å². The first kappa shape index (κ1) is 17.2. The fraction of sp³-hybridized carbons (Fsp3) is 0.706. The van der Waals surface area contributed by atoms with E-state index in [1.54, 1.807) is 11.3 Å². The van der Waals surface area contributed by atoms with Gasteiger partial charge in [0.2, 0.25) is 5.91 Å². The smallest absolute Gasteiger partial charge is 0.235 e. The molecule has 2 atom stereocenters. The molecule has 1 aliphatic carbocycles. The van der Waals surface area contributed by atoms with Crippen LogP contribution in [-0.4, -0.2) is 53.6 Å². The Balaban J connectivity index is 1.52. The molecule has 2 fully saturated rings. The number of nitrogens with zero attached hydrogens (tertiary/aromatic N) is 4. The van der Waals surface area contributed by atoms with Gasteiger partial charge in [0.1, 0.15) is 5.54 Å². The lowest BCUT2D eigenvalue weighted by Crippen LogP contribution is -2.56. The Morgan fingerprint density at radius 1 is 1.54 bits per heavy atom. The van der Waals surface area contributed by atoms with Crippen molar-refractivity contribution < 1.29 is 4.79 Å². The van der Waals surface area contributed by atoms with Gasteiger partial charge in [-0.1, -0.05) is 0 Å². The van der Waals surface area contributed by atoms with Crippen LogP contribution in [0.2, 0.25) is 0 Å². The van der Waals surface area contributed by atoms with E-state index in [1.807, 2.05) is 13.8 Å². The SMILES string of the molecule is Cc1csc(N2CCN(CC(=O)N[C@@](C)(C#N)C3CC3)C[C@H]2C)n1. The lowest BCUT2D eigenvalue weighted by atomic mass is 9.98. The van der Waals surface area contributed by atoms with E-state index in [2.05, 4.69) is 38.5 Å². The molecule has 1 amide bonds. The molecule has 1 saturated carbocycles. The number of rotatable bonds is 5. The zero-order valence-electron chi connectivity index (χ0n) is 14.6. The largest absolute Gasteiger partial charge is 0.343 e. The Hall–Kier alpha value is -1.65. The number of aromatic nitrogens is 1. The van der Waals surface area contributed by atoms with Gasteiger partial charge < -0.3 is 10.2 Å². The molecular formula is C17H25N5OS. The number of carbonyl (C=O) groups is 1. The summed E-state index contributed by atoms with van der Waals surface area (Å²) < 4.78 is 0. The topological polar surface area (TPSA) is 72.3 Å². The van der Waals surface area contributed by atoms with Crippen LogP contribution in [0.1, 0.15) is 32.4 Å². The summed E-state index contributed by atoms with van der Waals surface area (Å²) in [5.74, 6) is 0.270. The van der Waals surface area contributed by atoms with Gasteiger partial charge in [0.15, 0.2) is 5.13 Å². The van der Waals surface area contributed by atoms with E-state index in [0.29, 0.717) is 18.5 Å². The summed E-state index contributed by atoms with van der Waals surface area (Å²) in [5.41, 5.74) is 0.350. The highest BCUT2D eigenvalue weighted by atomic mass is 32.1. The lowest BCUT2D eigenvalue weighted by molar-refractivity contribution is -0.123. The first-order valence-electron chi connectivity index (χ1n) is 8.54. The summed E-state index contributed by atoms with van der Waals surface area (Å²) >= 11 is 1.68. The summed E-state index contributed by atoms with van der Waals surface area (Å²) in [6.07, 6.45) is 2.07. The Morgan fingerprint density at radius 3 is 2.83 bits per heavy atom. The molecule has 0 radical (unpaired) electrons. The quantitative estimate of drug-likeness (QED) is 0.879. The maximum atomic E-state index is 12.4. The summed E-state index contributed by atoms with van der Waals surface area (Å²) in [5, 5.41) is 15.4. The van der Waals surface area contributed by atoms with Gasteiger partial charge in [0, 0.05) is 31.1 Å². The van der Waals surface area contributed by atoms with Crippen LogP contribution in [0, 0.1) is 24.2 Å². The molecule has 7 heteroatoms. The Morgan fingerprint density at radius 2 is 2.29 bits per heavy atom. The molecular weight excluding hydrogens is 322 g/mol. The van der Waals surface area contributed by atoms with Crippen molar-refractivity contribution in [2.75, 3.05) is 31.1 Å². The molecule has 0 unspecified atom stereocenters. The molecule has 0 spiro atoms. The highest BCUT2D eigenvalue weighted by molar-refractivity contribution is 7.13. The number of amides is 1. The highest BCUT2D eigenvalue weighted by Gasteiger charge is 2.43. The molecule has 24 heavy (non-hydrogen) atoms. The van der Waals surface area contributed by atoms with E-state index < -0.39 is 5.54 Å². The van der Waals surface area contributed by atoms with Crippen LogP contribution >= 0.6 is 11.3 Å². The molecule has 0 bridgehead atoms. The number of anilines is 1. The number of hydrogen-bond donors (Lipinski definition) is 1. The molecule has 2 aliphatic rings. The standard InChI is InChI=1S/C17H25N5OS/c1-12-10-24-16(19-12)22-7-6-21(8-13(22)2)9-15(23)20-17(3,11-18)14-4-5-14/h10,13-14H,4-9H2,1-3H3,(H,20,23)/t13-,17+/m1/s1. The highest BCUT2D eigenvalue weighted by Crippen LogP contribution is 2.39. The summed E-state index contributed by atoms with van der Waals surface area (Å²) in [7, 11) is 0. The number of thiazole rings is 1. The van der Waals surface area contributed by atoms with Crippen molar-refractivity contribution in [1.82, 2.24) is 15.2 Å². The van der Waals surface area contributed by atoms with E-state index >= 15 is 0 Å². The Kier molecular flexibility index (Phi) is 4.79. The van der Waals surface area contributed by atoms with Gasteiger partial charge in [-0.3, -0.25) is 9.69 Å². The molecule has 1 aromatic rings. The maximum Gasteiger partial charge on any atom is 0.235 e. The van der Waals surface area contributed by atoms with Crippen molar-refractivity contribution in [3.63, 3.8) is 0 Å². The number of carbonyl (C=O) groups excluding carboxylic acids is 1. The van der Waals surface area contributed by atoms with Crippen molar-refractivity contribution in [3.8, 4) is 6.07 Å². The molecule has 1 saturated heterocycles. The fourth-order valence-electron chi connectivity index (χ4n) is 3.35. The van der Waals surface area contributed by atoms with Crippen LogP contribution in [-0.2, 0) is 4.79 Å². The average Bonchev–Trinajstić information content (AvgIpc) is 3.30. The second-order valence-electron chi connectivity index (χ2n) is 7.19. The van der Waals surface area contributed by atoms with E-state index in [9.17, 15) is 10.1 Å². The molecule has 6 nitrogen and oxygen atoms in total. The van der Waals surface area contributed by atoms with Crippen LogP contribution in [0.5, 0.6) is 0 Å². The number of piperazine rings is 1. The lowest BCUT2D eigenvalue weighted by Gasteiger charge is -2.39. The number of aryl methyl sites for hydroxylation is 1. The van der Waals surface area contributed by atoms with E-state index in [-0.39, 0.29) is 5.91 Å². The third kappa shape index (κ3) is 3.70. The maximum absolute atomic E-state index is 12.4. The van der Waals surface area contributed by atoms with Gasteiger partial charge in [0.25, 0.3) is 0 Å². The summed E-state index contributed by atoms with van der Waals surface area (Å²) in [6.45, 7) is 8.93. The third-order valence-corrected chi connectivity index (χ3v) is 5.95. The van der Waals surface area contributed by atoms with Crippen LogP contribution in [0.25, 0.3) is 0 Å². The molecule has 1 N–H and O–H groups in total. The van der Waals surface area contributed by atoms with Gasteiger partial charge in [0.05, 0.1) is 18.3 Å². The van der Waals surface area contributed by atoms with E-state index in [0.717, 1.165) is 43.3 Å². The molecule has 1 aromatic heterocycles. The minimum absolute atomic E-state index is 0.0447. The van der Waals surface area contributed by atoms with E-state index in [4.69, 9.17) is 0 Å². The molecule has 3 rings (SSSR count). The van der Waals surface area contributed by atoms with Gasteiger partial charge in [-0.05, 0) is 39.5 Å². The average molecular weight is 347 g/mol. The first-order chi connectivity index (χ1) is 11.4. The minimum Gasteiger partial charge on any atom is -0.343 e. The second kappa shape index (κ2) is 6.69. The van der Waals surface area contributed by atoms with Crippen molar-refractivity contribution in [2.24, 2.45) is 5.92 Å². The monoisotopic (exact) mass is 347 g/mol. The van der Waals surface area contributed by atoms with Crippen LogP contribution in [0.4, 0.5) is 5.13 Å². The molecule has 1 aliphatic heterocycles. The zero-order valence-corrected chi connectivity index (χ0v) is 15.4. The van der Waals surface area contributed by atoms with Gasteiger partial charge in [-0.2, -0.15) is 5.26 Å². The molecule has 0 aromatic carbocycles. The fourth-order valence-corrected chi connectivity index (χ4v) is 4.28. The third-order valence-electron chi connectivity index (χ3n) is 4.96. The van der Waals surface area contributed by atoms with Crippen LogP contribution in [0.3, 0.4) is 0 Å². The van der Waals surface area contributed by atoms with Crippen molar-refractivity contribution >= 4 is 22.4 Å². The Labute approximate surface area is 147 Å². The van der Waals surface area contributed by atoms with Crippen molar-refractivity contribution in [1.29, 1.82) is 5.26 Å². The van der Waals surface area contributed by atoms with Crippen LogP contribution in [0.15, 0.2) is 5.38 Å². The van der Waals surface area contributed by atoms with E-state index in [1.165, 1.54) is 0 Å². The first-order valence-corrected chi connectivity index (χ1v) is 9.42. The predicted octanol–water partition coefficient (Wildman–Crippen LogP) is 1.77. The summed E-state index contributed by atoms with van der Waals surface area (Å²) in [6, 6.07) is 2.60. The predicted molar refractivity (Wildman–Crippen MR) is 95.0 cm³/mol. The zero-order chi connectivity index (χ0) is 17.3. The molecule has 130 valence electrons. The molecule has 2 heterocycles. The number of hydrogen-bond acceptors (Lipinski definition) is 6.